The first kappa shape index (κ1) is 54.6. The number of carbonyl (C=O) groups is 2. The van der Waals surface area contributed by atoms with E-state index in [9.17, 15) is 37.9 Å². The van der Waals surface area contributed by atoms with Crippen LogP contribution in [0.3, 0.4) is 0 Å². The highest BCUT2D eigenvalue weighted by Crippen LogP contribution is 2.24. The molecule has 12 nitrogen and oxygen atoms in total. The summed E-state index contributed by atoms with van der Waals surface area (Å²) < 4.78 is 54.0. The Hall–Kier alpha value is -3.43. The Kier molecular flexibility index (Phi) is 33.0. The van der Waals surface area contributed by atoms with Gasteiger partial charge in [-0.2, -0.15) is 8.42 Å². The summed E-state index contributed by atoms with van der Waals surface area (Å²) in [4.78, 5) is 25.4. The van der Waals surface area contributed by atoms with Gasteiger partial charge in [0.1, 0.15) is 36.8 Å². The van der Waals surface area contributed by atoms with Gasteiger partial charge in [0, 0.05) is 12.8 Å². The smallest absolute Gasteiger partial charge is 0.306 e. The predicted molar refractivity (Wildman–Crippen MR) is 237 cm³/mol. The van der Waals surface area contributed by atoms with Gasteiger partial charge >= 0.3 is 11.9 Å². The molecule has 0 aromatic rings. The minimum Gasteiger partial charge on any atom is -0.462 e. The maximum Gasteiger partial charge on any atom is 0.306 e. The molecule has 1 fully saturated rings. The molecule has 4 N–H and O–H groups in total. The molecule has 0 spiro atoms. The van der Waals surface area contributed by atoms with Crippen LogP contribution in [0.4, 0.5) is 0 Å². The monoisotopic (exact) mass is 862 g/mol. The average Bonchev–Trinajstić information content (AvgIpc) is 3.21. The molecule has 60 heavy (non-hydrogen) atoms. The fraction of sp³-hybridized carbons (Fsp3) is 0.617. The Morgan fingerprint density at radius 2 is 1.12 bits per heavy atom. The molecule has 0 bridgehead atoms. The average molecular weight is 863 g/mol. The number of hydrogen-bond donors (Lipinski definition) is 4. The Morgan fingerprint density at radius 3 is 1.73 bits per heavy atom. The van der Waals surface area contributed by atoms with Crippen molar-refractivity contribution in [3.05, 3.63) is 97.2 Å². The molecule has 1 aliphatic rings. The molecule has 0 amide bonds. The Morgan fingerprint density at radius 1 is 0.600 bits per heavy atom. The van der Waals surface area contributed by atoms with Crippen molar-refractivity contribution < 1.29 is 56.8 Å². The third-order valence-electron chi connectivity index (χ3n) is 9.22. The molecule has 0 aromatic carbocycles. The molecule has 6 atom stereocenters. The fourth-order valence-electron chi connectivity index (χ4n) is 5.85. The number of allylic oxidation sites excluding steroid dienone is 16. The quantitative estimate of drug-likeness (QED) is 0.0159. The standard InChI is InChI=1S/C47H74O12S/c1-3-5-7-9-11-13-15-17-19-20-22-24-26-28-30-32-34-36-43(49)58-40(38-57-47-46(52)45(51)44(50)41(59-47)39-60(53,54)55)37-56-42(48)35-33-31-29-27-25-23-21-18-16-14-12-10-8-6-4-2/h6-10,12-16,18-21,24,26,40-41,44-47,50-52H,3-5,11,17,22-23,25,27-39H2,1-2H3,(H,53,54,55)/b8-6+,9-7+,12-10+,15-13+,16-14+,20-19+,21-18+,26-24+/t40-,41-,44-,45?,46?,47+/m1/s1. The maximum atomic E-state index is 12.8. The van der Waals surface area contributed by atoms with Crippen molar-refractivity contribution in [1.82, 2.24) is 0 Å². The van der Waals surface area contributed by atoms with E-state index in [0.29, 0.717) is 12.8 Å². The highest BCUT2D eigenvalue weighted by atomic mass is 32.2. The highest BCUT2D eigenvalue weighted by molar-refractivity contribution is 7.85. The minimum atomic E-state index is -4.62. The zero-order valence-electron chi connectivity index (χ0n) is 36.0. The summed E-state index contributed by atoms with van der Waals surface area (Å²) in [5.74, 6) is -2.07. The first-order valence-corrected chi connectivity index (χ1v) is 23.5. The van der Waals surface area contributed by atoms with Crippen LogP contribution in [0.2, 0.25) is 0 Å². The molecule has 1 aliphatic heterocycles. The maximum absolute atomic E-state index is 12.8. The first-order valence-electron chi connectivity index (χ1n) is 21.8. The highest BCUT2D eigenvalue weighted by Gasteiger charge is 2.46. The normalized spacial score (nSPS) is 21.1. The second-order valence-electron chi connectivity index (χ2n) is 14.7. The Balaban J connectivity index is 2.52. The molecule has 340 valence electrons. The van der Waals surface area contributed by atoms with Gasteiger partial charge < -0.3 is 34.3 Å². The predicted octanol–water partition coefficient (Wildman–Crippen LogP) is 8.66. The molecule has 13 heteroatoms. The van der Waals surface area contributed by atoms with Crippen molar-refractivity contribution in [1.29, 1.82) is 0 Å². The lowest BCUT2D eigenvalue weighted by Gasteiger charge is -2.40. The van der Waals surface area contributed by atoms with Crippen LogP contribution in [0.15, 0.2) is 97.2 Å². The lowest BCUT2D eigenvalue weighted by Crippen LogP contribution is -2.60. The second-order valence-corrected chi connectivity index (χ2v) is 16.2. The van der Waals surface area contributed by atoms with Crippen molar-refractivity contribution in [3.63, 3.8) is 0 Å². The van der Waals surface area contributed by atoms with Crippen LogP contribution >= 0.6 is 0 Å². The number of carbonyl (C=O) groups excluding carboxylic acids is 2. The van der Waals surface area contributed by atoms with Gasteiger partial charge in [0.25, 0.3) is 10.1 Å². The largest absolute Gasteiger partial charge is 0.462 e. The summed E-state index contributed by atoms with van der Waals surface area (Å²) in [7, 11) is -4.62. The SMILES string of the molecule is CC/C=C/C=C/C=C/C=C/CCCCCCCC(=O)OC[C@H](CO[C@H]1O[C@H](CS(=O)(=O)O)[C@@H](O)C(O)C1O)OC(=O)CCCCC/C=C/C/C=C/C/C=C/C/C=C/CCC. The van der Waals surface area contributed by atoms with Crippen molar-refractivity contribution in [3.8, 4) is 0 Å². The molecular formula is C47H74O12S. The lowest BCUT2D eigenvalue weighted by molar-refractivity contribution is -0.297. The molecule has 0 aliphatic carbocycles. The van der Waals surface area contributed by atoms with Gasteiger partial charge in [-0.25, -0.2) is 0 Å². The molecular weight excluding hydrogens is 789 g/mol. The second kappa shape index (κ2) is 36.2. The Bertz CT molecular complexity index is 1480. The molecule has 2 unspecified atom stereocenters. The van der Waals surface area contributed by atoms with Crippen molar-refractivity contribution in [2.24, 2.45) is 0 Å². The third-order valence-corrected chi connectivity index (χ3v) is 9.97. The van der Waals surface area contributed by atoms with Crippen LogP contribution in [-0.2, 0) is 38.7 Å². The Labute approximate surface area is 360 Å². The van der Waals surface area contributed by atoms with Crippen LogP contribution in [0.5, 0.6) is 0 Å². The van der Waals surface area contributed by atoms with E-state index in [1.165, 1.54) is 6.42 Å². The zero-order chi connectivity index (χ0) is 44.1. The molecule has 1 heterocycles. The molecule has 1 saturated heterocycles. The van der Waals surface area contributed by atoms with Gasteiger partial charge in [-0.1, -0.05) is 143 Å². The van der Waals surface area contributed by atoms with Crippen LogP contribution < -0.4 is 0 Å². The summed E-state index contributed by atoms with van der Waals surface area (Å²) in [6, 6.07) is 0. The number of unbranched alkanes of at least 4 members (excludes halogenated alkanes) is 9. The van der Waals surface area contributed by atoms with E-state index in [0.717, 1.165) is 83.5 Å². The van der Waals surface area contributed by atoms with Crippen molar-refractivity contribution in [2.45, 2.75) is 166 Å². The van der Waals surface area contributed by atoms with Crippen LogP contribution in [0.1, 0.15) is 129 Å². The van der Waals surface area contributed by atoms with Crippen LogP contribution in [0.25, 0.3) is 0 Å². The van der Waals surface area contributed by atoms with Crippen molar-refractivity contribution in [2.75, 3.05) is 19.0 Å². The minimum absolute atomic E-state index is 0.115. The summed E-state index contributed by atoms with van der Waals surface area (Å²) in [5, 5.41) is 30.9. The van der Waals surface area contributed by atoms with Gasteiger partial charge in [0.15, 0.2) is 12.4 Å². The van der Waals surface area contributed by atoms with Gasteiger partial charge in [-0.15, -0.1) is 0 Å². The van der Waals surface area contributed by atoms with Gasteiger partial charge in [-0.05, 0) is 70.6 Å². The molecule has 0 aromatic heterocycles. The fourth-order valence-corrected chi connectivity index (χ4v) is 6.54. The van der Waals surface area contributed by atoms with E-state index < -0.39 is 71.2 Å². The van der Waals surface area contributed by atoms with Gasteiger partial charge in [0.2, 0.25) is 0 Å². The van der Waals surface area contributed by atoms with Gasteiger partial charge in [-0.3, -0.25) is 14.1 Å². The summed E-state index contributed by atoms with van der Waals surface area (Å²) in [6.07, 6.45) is 38.8. The molecule has 1 rings (SSSR count). The lowest BCUT2D eigenvalue weighted by atomic mass is 10.00. The number of hydrogen-bond acceptors (Lipinski definition) is 11. The summed E-state index contributed by atoms with van der Waals surface area (Å²) >= 11 is 0. The van der Waals surface area contributed by atoms with E-state index in [4.69, 9.17) is 18.9 Å². The van der Waals surface area contributed by atoms with E-state index in [1.807, 2.05) is 36.5 Å². The van der Waals surface area contributed by atoms with E-state index in [1.54, 1.807) is 0 Å². The van der Waals surface area contributed by atoms with Gasteiger partial charge in [0.05, 0.1) is 6.61 Å². The third kappa shape index (κ3) is 30.6. The van der Waals surface area contributed by atoms with E-state index in [2.05, 4.69) is 74.6 Å². The number of esters is 2. The first-order chi connectivity index (χ1) is 29.0. The molecule has 0 radical (unpaired) electrons. The van der Waals surface area contributed by atoms with E-state index >= 15 is 0 Å². The topological polar surface area (TPSA) is 186 Å². The molecule has 0 saturated carbocycles. The number of aliphatic hydroxyl groups excluding tert-OH is 3. The number of ether oxygens (including phenoxy) is 4. The number of rotatable bonds is 34. The zero-order valence-corrected chi connectivity index (χ0v) is 36.8. The van der Waals surface area contributed by atoms with Crippen LogP contribution in [0, 0.1) is 0 Å². The summed E-state index contributed by atoms with van der Waals surface area (Å²) in [6.45, 7) is 3.48. The van der Waals surface area contributed by atoms with Crippen LogP contribution in [-0.4, -0.2) is 96.0 Å². The number of aliphatic hydroxyl groups is 3. The summed E-state index contributed by atoms with van der Waals surface area (Å²) in [5.41, 5.74) is 0. The van der Waals surface area contributed by atoms with E-state index in [-0.39, 0.29) is 19.4 Å². The van der Waals surface area contributed by atoms with Crippen molar-refractivity contribution >= 4 is 22.1 Å².